The predicted molar refractivity (Wildman–Crippen MR) is 242 cm³/mol. The van der Waals surface area contributed by atoms with E-state index in [0.717, 1.165) is 27.8 Å². The molecule has 0 aliphatic carbocycles. The van der Waals surface area contributed by atoms with Crippen molar-refractivity contribution < 1.29 is 0 Å². The number of nitrogens with zero attached hydrogens (tertiary/aromatic N) is 2. The third kappa shape index (κ3) is 4.74. The van der Waals surface area contributed by atoms with E-state index >= 15 is 0 Å². The summed E-state index contributed by atoms with van der Waals surface area (Å²) in [5.41, 5.74) is 11.6. The largest absolute Gasteiger partial charge is 0.309 e. The van der Waals surface area contributed by atoms with Crippen LogP contribution in [0.25, 0.3) is 115 Å². The lowest BCUT2D eigenvalue weighted by atomic mass is 9.84. The topological polar surface area (TPSA) is 17.8 Å². The van der Waals surface area contributed by atoms with E-state index in [0.29, 0.717) is 0 Å². The Labute approximate surface area is 329 Å². The van der Waals surface area contributed by atoms with Gasteiger partial charge in [-0.05, 0) is 84.9 Å². The van der Waals surface area contributed by atoms with Gasteiger partial charge in [0.15, 0.2) is 0 Å². The van der Waals surface area contributed by atoms with Crippen LogP contribution in [-0.4, -0.2) is 9.55 Å². The second-order valence-electron chi connectivity index (χ2n) is 15.0. The molecule has 2 heteroatoms. The highest BCUT2D eigenvalue weighted by atomic mass is 15.0. The van der Waals surface area contributed by atoms with E-state index in [1.54, 1.807) is 0 Å². The minimum absolute atomic E-state index is 0.995. The first kappa shape index (κ1) is 31.8. The van der Waals surface area contributed by atoms with Gasteiger partial charge in [0.25, 0.3) is 0 Å². The lowest BCUT2D eigenvalue weighted by molar-refractivity contribution is 1.18. The molecule has 0 N–H and O–H groups in total. The fourth-order valence-corrected chi connectivity index (χ4v) is 9.54. The van der Waals surface area contributed by atoms with Gasteiger partial charge in [-0.15, -0.1) is 0 Å². The molecule has 0 bridgehead atoms. The molecule has 0 amide bonds. The first-order chi connectivity index (χ1) is 28.3. The molecule has 2 heterocycles. The first-order valence-electron chi connectivity index (χ1n) is 19.6. The van der Waals surface area contributed by atoms with Crippen LogP contribution >= 0.6 is 0 Å². The SMILES string of the molecule is c1ccc(-n2c3ccccc3c3c4c(ccc32)c(-c2ccc(-c3c5ccccc5c(-c5cccc6ccccc56)c5ccccc35)cc2)nc2ccccc24)cc1. The number of hydrogen-bond acceptors (Lipinski definition) is 1. The maximum absolute atomic E-state index is 5.39. The van der Waals surface area contributed by atoms with Gasteiger partial charge in [0.05, 0.1) is 22.2 Å². The van der Waals surface area contributed by atoms with Gasteiger partial charge < -0.3 is 4.57 Å². The number of hydrogen-bond donors (Lipinski definition) is 0. The smallest absolute Gasteiger partial charge is 0.0788 e. The average molecular weight is 723 g/mol. The van der Waals surface area contributed by atoms with E-state index < -0.39 is 0 Å². The normalized spacial score (nSPS) is 11.9. The van der Waals surface area contributed by atoms with Crippen molar-refractivity contribution in [3.8, 4) is 39.2 Å². The fraction of sp³-hybridized carbons (Fsp3) is 0. The summed E-state index contributed by atoms with van der Waals surface area (Å²) >= 11 is 0. The van der Waals surface area contributed by atoms with E-state index in [1.807, 2.05) is 0 Å². The van der Waals surface area contributed by atoms with Gasteiger partial charge in [0.2, 0.25) is 0 Å². The zero-order valence-corrected chi connectivity index (χ0v) is 31.0. The summed E-state index contributed by atoms with van der Waals surface area (Å²) in [5.74, 6) is 0. The maximum atomic E-state index is 5.39. The summed E-state index contributed by atoms with van der Waals surface area (Å²) in [5, 5.41) is 13.6. The molecule has 0 atom stereocenters. The Bertz CT molecular complexity index is 3500. The van der Waals surface area contributed by atoms with Crippen molar-refractivity contribution in [1.29, 1.82) is 0 Å². The fourth-order valence-electron chi connectivity index (χ4n) is 9.54. The first-order valence-corrected chi connectivity index (χ1v) is 19.6. The number of pyridine rings is 1. The van der Waals surface area contributed by atoms with Crippen molar-refractivity contribution >= 4 is 75.8 Å². The second-order valence-corrected chi connectivity index (χ2v) is 15.0. The van der Waals surface area contributed by atoms with Crippen LogP contribution < -0.4 is 0 Å². The van der Waals surface area contributed by atoms with Crippen LogP contribution in [-0.2, 0) is 0 Å². The number of para-hydroxylation sites is 3. The third-order valence-electron chi connectivity index (χ3n) is 12.0. The van der Waals surface area contributed by atoms with E-state index in [2.05, 4.69) is 211 Å². The van der Waals surface area contributed by atoms with Gasteiger partial charge in [-0.3, -0.25) is 0 Å². The molecule has 0 aliphatic rings. The summed E-state index contributed by atoms with van der Waals surface area (Å²) in [6.07, 6.45) is 0. The summed E-state index contributed by atoms with van der Waals surface area (Å²) in [6.45, 7) is 0. The van der Waals surface area contributed by atoms with E-state index in [9.17, 15) is 0 Å². The third-order valence-corrected chi connectivity index (χ3v) is 12.0. The monoisotopic (exact) mass is 722 g/mol. The lowest BCUT2D eigenvalue weighted by Gasteiger charge is -2.19. The summed E-state index contributed by atoms with van der Waals surface area (Å²) in [4.78, 5) is 5.39. The minimum atomic E-state index is 0.995. The molecule has 0 aliphatic heterocycles. The number of rotatable bonds is 4. The molecule has 12 aromatic rings. The summed E-state index contributed by atoms with van der Waals surface area (Å²) in [6, 6.07) is 75.0. The molecule has 57 heavy (non-hydrogen) atoms. The Kier molecular flexibility index (Phi) is 6.96. The van der Waals surface area contributed by atoms with Gasteiger partial charge >= 0.3 is 0 Å². The average Bonchev–Trinajstić information content (AvgIpc) is 3.63. The van der Waals surface area contributed by atoms with Gasteiger partial charge in [0.1, 0.15) is 0 Å². The standard InChI is InChI=1S/C55H34N2/c1-2-17-38(18-3-1)57-49-28-13-11-25-46(49)54-50(57)34-33-47-53(54)45-24-10-12-27-48(45)56-55(47)37-31-29-36(30-32-37)51-41-20-6-8-22-43(41)52(44-23-9-7-21-42(44)51)40-26-14-16-35-15-4-5-19-39(35)40/h1-34H. The van der Waals surface area contributed by atoms with Gasteiger partial charge in [-0.1, -0.05) is 176 Å². The highest BCUT2D eigenvalue weighted by molar-refractivity contribution is 6.30. The predicted octanol–water partition coefficient (Wildman–Crippen LogP) is 14.9. The molecule has 0 fully saturated rings. The Morgan fingerprint density at radius 2 is 0.877 bits per heavy atom. The molecule has 0 radical (unpaired) electrons. The van der Waals surface area contributed by atoms with Crippen LogP contribution in [0, 0.1) is 0 Å². The number of benzene rings is 10. The van der Waals surface area contributed by atoms with Crippen LogP contribution in [0.15, 0.2) is 206 Å². The van der Waals surface area contributed by atoms with Gasteiger partial charge in [-0.25, -0.2) is 4.98 Å². The van der Waals surface area contributed by atoms with Crippen LogP contribution in [0.3, 0.4) is 0 Å². The summed E-state index contributed by atoms with van der Waals surface area (Å²) in [7, 11) is 0. The van der Waals surface area contributed by atoms with Crippen molar-refractivity contribution in [2.75, 3.05) is 0 Å². The molecular formula is C55H34N2. The van der Waals surface area contributed by atoms with Gasteiger partial charge in [-0.2, -0.15) is 0 Å². The van der Waals surface area contributed by atoms with Crippen molar-refractivity contribution in [3.63, 3.8) is 0 Å². The number of aromatic nitrogens is 2. The zero-order valence-electron chi connectivity index (χ0n) is 31.0. The minimum Gasteiger partial charge on any atom is -0.309 e. The highest BCUT2D eigenvalue weighted by Gasteiger charge is 2.21. The van der Waals surface area contributed by atoms with Crippen molar-refractivity contribution in [3.05, 3.63) is 206 Å². The molecule has 0 saturated heterocycles. The Hall–Kier alpha value is -7.55. The molecule has 264 valence electrons. The maximum Gasteiger partial charge on any atom is 0.0788 e. The van der Waals surface area contributed by atoms with Crippen molar-refractivity contribution in [2.45, 2.75) is 0 Å². The summed E-state index contributed by atoms with van der Waals surface area (Å²) < 4.78 is 2.40. The second kappa shape index (κ2) is 12.5. The van der Waals surface area contributed by atoms with Crippen LogP contribution in [0.5, 0.6) is 0 Å². The van der Waals surface area contributed by atoms with E-state index in [-0.39, 0.29) is 0 Å². The van der Waals surface area contributed by atoms with Crippen LogP contribution in [0.4, 0.5) is 0 Å². The molecule has 0 unspecified atom stereocenters. The van der Waals surface area contributed by atoms with Crippen LogP contribution in [0.1, 0.15) is 0 Å². The quantitative estimate of drug-likeness (QED) is 0.131. The molecule has 2 aromatic heterocycles. The Balaban J connectivity index is 1.09. The molecule has 2 nitrogen and oxygen atoms in total. The van der Waals surface area contributed by atoms with Crippen molar-refractivity contribution in [1.82, 2.24) is 9.55 Å². The molecule has 10 aromatic carbocycles. The molecule has 0 saturated carbocycles. The molecule has 12 rings (SSSR count). The van der Waals surface area contributed by atoms with Crippen LogP contribution in [0.2, 0.25) is 0 Å². The van der Waals surface area contributed by atoms with Gasteiger partial charge in [0, 0.05) is 38.2 Å². The lowest BCUT2D eigenvalue weighted by Crippen LogP contribution is -1.94. The molecular weight excluding hydrogens is 689 g/mol. The van der Waals surface area contributed by atoms with Crippen molar-refractivity contribution in [2.24, 2.45) is 0 Å². The van der Waals surface area contributed by atoms with E-state index in [1.165, 1.54) is 87.1 Å². The molecule has 0 spiro atoms. The number of fused-ring (bicyclic) bond motifs is 10. The Morgan fingerprint density at radius 3 is 1.61 bits per heavy atom. The highest BCUT2D eigenvalue weighted by Crippen LogP contribution is 2.46. The Morgan fingerprint density at radius 1 is 0.316 bits per heavy atom. The van der Waals surface area contributed by atoms with E-state index in [4.69, 9.17) is 4.98 Å². The zero-order chi connectivity index (χ0) is 37.5.